The third kappa shape index (κ3) is 3.14. The molecule has 1 aromatic carbocycles. The second-order valence-electron chi connectivity index (χ2n) is 6.49. The topological polar surface area (TPSA) is 21.3 Å². The Hall–Kier alpha value is -0.930. The van der Waals surface area contributed by atoms with E-state index < -0.39 is 0 Å². The third-order valence-corrected chi connectivity index (χ3v) is 5.26. The van der Waals surface area contributed by atoms with E-state index in [0.717, 1.165) is 25.0 Å². The van der Waals surface area contributed by atoms with Crippen molar-refractivity contribution in [3.8, 4) is 0 Å². The molecule has 0 amide bonds. The molecule has 0 spiro atoms. The molecule has 4 unspecified atom stereocenters. The molecule has 0 bridgehead atoms. The summed E-state index contributed by atoms with van der Waals surface area (Å²) in [5.74, 6) is -0.125. The first kappa shape index (κ1) is 16.4. The maximum Gasteiger partial charge on any atom is 0.126 e. The van der Waals surface area contributed by atoms with E-state index in [2.05, 4.69) is 33.0 Å². The molecule has 2 rings (SSSR count). The fraction of sp³-hybridized carbons (Fsp3) is 0.667. The lowest BCUT2D eigenvalue weighted by Crippen LogP contribution is -2.62. The van der Waals surface area contributed by atoms with Gasteiger partial charge in [0.15, 0.2) is 0 Å². The van der Waals surface area contributed by atoms with Crippen molar-refractivity contribution in [3.05, 3.63) is 35.1 Å². The normalized spacial score (nSPS) is 30.0. The smallest absolute Gasteiger partial charge is 0.126 e. The number of rotatable bonds is 6. The number of nitrogens with one attached hydrogen (secondary N) is 1. The Morgan fingerprint density at radius 1 is 1.43 bits per heavy atom. The monoisotopic (exact) mass is 293 g/mol. The van der Waals surface area contributed by atoms with Crippen molar-refractivity contribution in [2.75, 3.05) is 6.61 Å². The highest BCUT2D eigenvalue weighted by molar-refractivity contribution is 5.26. The van der Waals surface area contributed by atoms with Crippen LogP contribution in [-0.4, -0.2) is 18.8 Å². The molecule has 0 heterocycles. The molecule has 1 aliphatic rings. The molecule has 3 heteroatoms. The molecule has 21 heavy (non-hydrogen) atoms. The first-order valence-electron chi connectivity index (χ1n) is 8.06. The van der Waals surface area contributed by atoms with Gasteiger partial charge in [0.25, 0.3) is 0 Å². The van der Waals surface area contributed by atoms with E-state index in [1.807, 2.05) is 12.1 Å². The molecule has 1 N–H and O–H groups in total. The van der Waals surface area contributed by atoms with Gasteiger partial charge in [0.1, 0.15) is 5.82 Å². The number of hydrogen-bond donors (Lipinski definition) is 1. The van der Waals surface area contributed by atoms with Crippen molar-refractivity contribution in [3.63, 3.8) is 0 Å². The second kappa shape index (κ2) is 6.45. The first-order chi connectivity index (χ1) is 9.92. The van der Waals surface area contributed by atoms with Crippen LogP contribution in [0.1, 0.15) is 57.7 Å². The van der Waals surface area contributed by atoms with Crippen LogP contribution in [0.2, 0.25) is 0 Å². The van der Waals surface area contributed by atoms with E-state index >= 15 is 0 Å². The second-order valence-corrected chi connectivity index (χ2v) is 6.49. The van der Waals surface area contributed by atoms with Crippen LogP contribution in [0.5, 0.6) is 0 Å². The molecule has 0 radical (unpaired) electrons. The van der Waals surface area contributed by atoms with Gasteiger partial charge in [0.2, 0.25) is 0 Å². The van der Waals surface area contributed by atoms with Crippen molar-refractivity contribution in [1.29, 1.82) is 0 Å². The summed E-state index contributed by atoms with van der Waals surface area (Å²) in [6.07, 6.45) is 2.47. The molecular formula is C18H28FNO. The Bertz CT molecular complexity index is 490. The van der Waals surface area contributed by atoms with Gasteiger partial charge in [0, 0.05) is 24.1 Å². The average molecular weight is 293 g/mol. The summed E-state index contributed by atoms with van der Waals surface area (Å²) in [6.45, 7) is 11.2. The zero-order chi connectivity index (χ0) is 15.6. The molecule has 2 nitrogen and oxygen atoms in total. The van der Waals surface area contributed by atoms with Crippen LogP contribution in [0.3, 0.4) is 0 Å². The van der Waals surface area contributed by atoms with E-state index in [1.165, 1.54) is 0 Å². The van der Waals surface area contributed by atoms with Gasteiger partial charge >= 0.3 is 0 Å². The van der Waals surface area contributed by atoms with E-state index in [4.69, 9.17) is 4.74 Å². The van der Waals surface area contributed by atoms with Crippen LogP contribution in [0.25, 0.3) is 0 Å². The van der Waals surface area contributed by atoms with Gasteiger partial charge in [-0.25, -0.2) is 4.39 Å². The SMILES string of the molecule is CCOC1CC(NC(C)c2ccc(C)c(F)c2)C1(C)CC. The zero-order valence-corrected chi connectivity index (χ0v) is 13.9. The Labute approximate surface area is 128 Å². The Morgan fingerprint density at radius 2 is 2.14 bits per heavy atom. The summed E-state index contributed by atoms with van der Waals surface area (Å²) in [4.78, 5) is 0. The molecular weight excluding hydrogens is 265 g/mol. The quantitative estimate of drug-likeness (QED) is 0.840. The lowest BCUT2D eigenvalue weighted by Gasteiger charge is -2.54. The van der Waals surface area contributed by atoms with Crippen molar-refractivity contribution in [1.82, 2.24) is 5.32 Å². The fourth-order valence-corrected chi connectivity index (χ4v) is 3.28. The van der Waals surface area contributed by atoms with Crippen LogP contribution in [0.4, 0.5) is 4.39 Å². The molecule has 118 valence electrons. The number of halogens is 1. The summed E-state index contributed by atoms with van der Waals surface area (Å²) in [5.41, 5.74) is 1.88. The number of benzene rings is 1. The van der Waals surface area contributed by atoms with Crippen LogP contribution in [0, 0.1) is 18.2 Å². The Balaban J connectivity index is 2.03. The van der Waals surface area contributed by atoms with Crippen LogP contribution in [0.15, 0.2) is 18.2 Å². The predicted octanol–water partition coefficient (Wildman–Crippen LogP) is 4.38. The minimum atomic E-state index is -0.125. The molecule has 1 aromatic rings. The summed E-state index contributed by atoms with van der Waals surface area (Å²) in [7, 11) is 0. The highest BCUT2D eigenvalue weighted by Gasteiger charge is 2.51. The minimum Gasteiger partial charge on any atom is -0.378 e. The van der Waals surface area contributed by atoms with E-state index in [0.29, 0.717) is 17.7 Å². The van der Waals surface area contributed by atoms with Gasteiger partial charge < -0.3 is 10.1 Å². The molecule has 0 saturated heterocycles. The van der Waals surface area contributed by atoms with Crippen molar-refractivity contribution >= 4 is 0 Å². The molecule has 4 atom stereocenters. The standard InChI is InChI=1S/C18H28FNO/c1-6-18(5)16(11-17(18)21-7-2)20-13(4)14-9-8-12(3)15(19)10-14/h8-10,13,16-17,20H,6-7,11H2,1-5H3. The summed E-state index contributed by atoms with van der Waals surface area (Å²) < 4.78 is 19.5. The van der Waals surface area contributed by atoms with Crippen LogP contribution >= 0.6 is 0 Å². The summed E-state index contributed by atoms with van der Waals surface area (Å²) >= 11 is 0. The average Bonchev–Trinajstić information content (AvgIpc) is 2.47. The highest BCUT2D eigenvalue weighted by atomic mass is 19.1. The summed E-state index contributed by atoms with van der Waals surface area (Å²) in [5, 5.41) is 3.66. The van der Waals surface area contributed by atoms with Gasteiger partial charge in [-0.15, -0.1) is 0 Å². The maximum absolute atomic E-state index is 13.7. The predicted molar refractivity (Wildman–Crippen MR) is 84.9 cm³/mol. The molecule has 1 fully saturated rings. The van der Waals surface area contributed by atoms with Crippen LogP contribution in [-0.2, 0) is 4.74 Å². The largest absolute Gasteiger partial charge is 0.378 e. The van der Waals surface area contributed by atoms with Gasteiger partial charge in [-0.05, 0) is 50.8 Å². The van der Waals surface area contributed by atoms with Crippen LogP contribution < -0.4 is 5.32 Å². The minimum absolute atomic E-state index is 0.125. The third-order valence-electron chi connectivity index (χ3n) is 5.26. The van der Waals surface area contributed by atoms with Gasteiger partial charge in [-0.1, -0.05) is 26.0 Å². The first-order valence-corrected chi connectivity index (χ1v) is 8.06. The molecule has 0 aliphatic heterocycles. The van der Waals surface area contributed by atoms with E-state index in [9.17, 15) is 4.39 Å². The fourth-order valence-electron chi connectivity index (χ4n) is 3.28. The zero-order valence-electron chi connectivity index (χ0n) is 13.9. The summed E-state index contributed by atoms with van der Waals surface area (Å²) in [6, 6.07) is 6.09. The van der Waals surface area contributed by atoms with Crippen molar-refractivity contribution in [2.45, 2.75) is 65.6 Å². The van der Waals surface area contributed by atoms with Gasteiger partial charge in [-0.3, -0.25) is 0 Å². The molecule has 1 saturated carbocycles. The Kier molecular flexibility index (Phi) is 5.05. The molecule has 0 aromatic heterocycles. The number of ether oxygens (including phenoxy) is 1. The van der Waals surface area contributed by atoms with Gasteiger partial charge in [-0.2, -0.15) is 0 Å². The van der Waals surface area contributed by atoms with E-state index in [1.54, 1.807) is 13.0 Å². The highest BCUT2D eigenvalue weighted by Crippen LogP contribution is 2.46. The lowest BCUT2D eigenvalue weighted by atomic mass is 9.61. The van der Waals surface area contributed by atoms with Gasteiger partial charge in [0.05, 0.1) is 6.10 Å². The Morgan fingerprint density at radius 3 is 2.71 bits per heavy atom. The number of hydrogen-bond acceptors (Lipinski definition) is 2. The van der Waals surface area contributed by atoms with Crippen molar-refractivity contribution in [2.24, 2.45) is 5.41 Å². The maximum atomic E-state index is 13.7. The van der Waals surface area contributed by atoms with Crippen molar-refractivity contribution < 1.29 is 9.13 Å². The van der Waals surface area contributed by atoms with E-state index in [-0.39, 0.29) is 17.3 Å². The molecule has 1 aliphatic carbocycles. The lowest BCUT2D eigenvalue weighted by molar-refractivity contribution is -0.127. The number of aryl methyl sites for hydroxylation is 1.